The summed E-state index contributed by atoms with van der Waals surface area (Å²) in [4.78, 5) is 0. The lowest BCUT2D eigenvalue weighted by Crippen LogP contribution is -2.46. The highest BCUT2D eigenvalue weighted by Crippen LogP contribution is 2.61. The van der Waals surface area contributed by atoms with Gasteiger partial charge in [-0.2, -0.15) is 5.10 Å². The predicted octanol–water partition coefficient (Wildman–Crippen LogP) is 3.07. The molecule has 3 nitrogen and oxygen atoms in total. The first-order valence-electron chi connectivity index (χ1n) is 7.50. The lowest BCUT2D eigenvalue weighted by molar-refractivity contribution is -0.0595. The van der Waals surface area contributed by atoms with Crippen LogP contribution in [0.15, 0.2) is 12.3 Å². The van der Waals surface area contributed by atoms with Gasteiger partial charge in [0.05, 0.1) is 6.20 Å². The van der Waals surface area contributed by atoms with Gasteiger partial charge in [-0.1, -0.05) is 0 Å². The van der Waals surface area contributed by atoms with E-state index in [1.807, 2.05) is 16.9 Å². The quantitative estimate of drug-likeness (QED) is 0.889. The zero-order valence-electron chi connectivity index (χ0n) is 11.0. The summed E-state index contributed by atoms with van der Waals surface area (Å²) >= 11 is 0. The average Bonchev–Trinajstić information content (AvgIpc) is 2.70. The van der Waals surface area contributed by atoms with Crippen LogP contribution in [0, 0.1) is 23.2 Å². The normalized spacial score (nSPS) is 41.4. The van der Waals surface area contributed by atoms with Crippen molar-refractivity contribution in [2.45, 2.75) is 51.5 Å². The van der Waals surface area contributed by atoms with Gasteiger partial charge in [0.25, 0.3) is 0 Å². The third-order valence-electron chi connectivity index (χ3n) is 5.77. The zero-order chi connectivity index (χ0) is 12.2. The van der Waals surface area contributed by atoms with Crippen molar-refractivity contribution >= 4 is 5.82 Å². The molecule has 4 aliphatic carbocycles. The second-order valence-corrected chi connectivity index (χ2v) is 7.15. The second kappa shape index (κ2) is 3.75. The zero-order valence-corrected chi connectivity index (χ0v) is 11.0. The molecule has 18 heavy (non-hydrogen) atoms. The molecule has 2 N–H and O–H groups in total. The summed E-state index contributed by atoms with van der Waals surface area (Å²) in [6, 6.07) is 1.90. The fourth-order valence-corrected chi connectivity index (χ4v) is 5.47. The first-order valence-corrected chi connectivity index (χ1v) is 7.50. The Balaban J connectivity index is 1.49. The van der Waals surface area contributed by atoms with E-state index in [2.05, 4.69) is 5.10 Å². The molecule has 0 aliphatic heterocycles. The highest BCUT2D eigenvalue weighted by molar-refractivity contribution is 5.25. The van der Waals surface area contributed by atoms with E-state index in [1.165, 1.54) is 44.9 Å². The van der Waals surface area contributed by atoms with Crippen LogP contribution in [0.25, 0.3) is 0 Å². The lowest BCUT2D eigenvalue weighted by Gasteiger charge is -2.57. The Morgan fingerprint density at radius 3 is 2.28 bits per heavy atom. The monoisotopic (exact) mass is 245 g/mol. The molecule has 1 aromatic heterocycles. The SMILES string of the molecule is Nc1ccnn1CCC12CC3CC(CC(C3)C1)C2. The van der Waals surface area contributed by atoms with Crippen molar-refractivity contribution in [2.75, 3.05) is 5.73 Å². The molecule has 4 fully saturated rings. The first-order chi connectivity index (χ1) is 8.72. The minimum atomic E-state index is 0.646. The summed E-state index contributed by atoms with van der Waals surface area (Å²) in [6.45, 7) is 1.02. The molecule has 0 spiro atoms. The second-order valence-electron chi connectivity index (χ2n) is 7.15. The van der Waals surface area contributed by atoms with Crippen molar-refractivity contribution in [3.05, 3.63) is 12.3 Å². The summed E-state index contributed by atoms with van der Waals surface area (Å²) in [5.41, 5.74) is 6.56. The molecule has 0 atom stereocenters. The number of anilines is 1. The van der Waals surface area contributed by atoms with Gasteiger partial charge in [0.15, 0.2) is 0 Å². The largest absolute Gasteiger partial charge is 0.384 e. The number of hydrogen-bond acceptors (Lipinski definition) is 2. The van der Waals surface area contributed by atoms with Crippen LogP contribution in [0.3, 0.4) is 0 Å². The number of nitrogens with two attached hydrogens (primary N) is 1. The topological polar surface area (TPSA) is 43.8 Å². The third-order valence-corrected chi connectivity index (χ3v) is 5.77. The lowest BCUT2D eigenvalue weighted by atomic mass is 9.49. The van der Waals surface area contributed by atoms with Crippen molar-refractivity contribution < 1.29 is 0 Å². The minimum absolute atomic E-state index is 0.646. The fourth-order valence-electron chi connectivity index (χ4n) is 5.47. The van der Waals surface area contributed by atoms with Gasteiger partial charge >= 0.3 is 0 Å². The van der Waals surface area contributed by atoms with E-state index in [4.69, 9.17) is 5.73 Å². The standard InChI is InChI=1S/C15H23N3/c16-14-1-3-17-18(14)4-2-15-8-11-5-12(9-15)7-13(6-11)10-15/h1,3,11-13H,2,4-10,16H2. The molecule has 1 aromatic rings. The smallest absolute Gasteiger partial charge is 0.121 e. The molecule has 4 saturated carbocycles. The summed E-state index contributed by atoms with van der Waals surface area (Å²) < 4.78 is 1.98. The summed E-state index contributed by atoms with van der Waals surface area (Å²) in [7, 11) is 0. The molecule has 4 bridgehead atoms. The maximum Gasteiger partial charge on any atom is 0.121 e. The van der Waals surface area contributed by atoms with Gasteiger partial charge in [-0.3, -0.25) is 4.68 Å². The molecule has 0 saturated heterocycles. The average molecular weight is 245 g/mol. The van der Waals surface area contributed by atoms with Gasteiger partial charge in [-0.05, 0) is 74.2 Å². The van der Waals surface area contributed by atoms with Crippen molar-refractivity contribution in [3.8, 4) is 0 Å². The van der Waals surface area contributed by atoms with E-state index < -0.39 is 0 Å². The van der Waals surface area contributed by atoms with Gasteiger partial charge in [-0.25, -0.2) is 0 Å². The van der Waals surface area contributed by atoms with Gasteiger partial charge in [0.1, 0.15) is 5.82 Å². The Bertz CT molecular complexity index is 413. The van der Waals surface area contributed by atoms with E-state index in [0.717, 1.165) is 30.1 Å². The Hall–Kier alpha value is -0.990. The summed E-state index contributed by atoms with van der Waals surface area (Å²) in [6.07, 6.45) is 12.2. The Labute approximate surface area is 109 Å². The minimum Gasteiger partial charge on any atom is -0.384 e. The molecule has 98 valence electrons. The van der Waals surface area contributed by atoms with Gasteiger partial charge in [0, 0.05) is 6.54 Å². The van der Waals surface area contributed by atoms with Crippen LogP contribution in [-0.4, -0.2) is 9.78 Å². The molecule has 5 rings (SSSR count). The maximum absolute atomic E-state index is 5.92. The van der Waals surface area contributed by atoms with Crippen LogP contribution >= 0.6 is 0 Å². The number of nitrogen functional groups attached to an aromatic ring is 1. The highest BCUT2D eigenvalue weighted by Gasteiger charge is 2.50. The van der Waals surface area contributed by atoms with Crippen LogP contribution in [0.4, 0.5) is 5.82 Å². The van der Waals surface area contributed by atoms with E-state index >= 15 is 0 Å². The first kappa shape index (κ1) is 10.9. The Kier molecular flexibility index (Phi) is 2.27. The van der Waals surface area contributed by atoms with Gasteiger partial charge in [0.2, 0.25) is 0 Å². The molecule has 4 aliphatic rings. The van der Waals surface area contributed by atoms with E-state index in [9.17, 15) is 0 Å². The summed E-state index contributed by atoms with van der Waals surface area (Å²) in [5, 5.41) is 4.32. The molecular formula is C15H23N3. The van der Waals surface area contributed by atoms with Crippen molar-refractivity contribution in [1.82, 2.24) is 9.78 Å². The number of nitrogens with zero attached hydrogens (tertiary/aromatic N) is 2. The maximum atomic E-state index is 5.92. The predicted molar refractivity (Wildman–Crippen MR) is 71.9 cm³/mol. The van der Waals surface area contributed by atoms with Gasteiger partial charge < -0.3 is 5.73 Å². The van der Waals surface area contributed by atoms with E-state index in [1.54, 1.807) is 0 Å². The molecule has 3 heteroatoms. The van der Waals surface area contributed by atoms with Crippen molar-refractivity contribution in [1.29, 1.82) is 0 Å². The number of aryl methyl sites for hydroxylation is 1. The number of aromatic nitrogens is 2. The van der Waals surface area contributed by atoms with E-state index in [-0.39, 0.29) is 0 Å². The van der Waals surface area contributed by atoms with Crippen molar-refractivity contribution in [2.24, 2.45) is 23.2 Å². The molecule has 0 unspecified atom stereocenters. The Morgan fingerprint density at radius 2 is 1.78 bits per heavy atom. The fraction of sp³-hybridized carbons (Fsp3) is 0.800. The van der Waals surface area contributed by atoms with Crippen LogP contribution in [0.1, 0.15) is 44.9 Å². The highest BCUT2D eigenvalue weighted by atomic mass is 15.3. The number of rotatable bonds is 3. The Morgan fingerprint density at radius 1 is 1.17 bits per heavy atom. The van der Waals surface area contributed by atoms with Crippen molar-refractivity contribution in [3.63, 3.8) is 0 Å². The van der Waals surface area contributed by atoms with Crippen LogP contribution in [0.5, 0.6) is 0 Å². The third kappa shape index (κ3) is 1.67. The molecule has 0 radical (unpaired) electrons. The molecule has 0 amide bonds. The van der Waals surface area contributed by atoms with E-state index in [0.29, 0.717) is 5.41 Å². The van der Waals surface area contributed by atoms with Crippen LogP contribution in [-0.2, 0) is 6.54 Å². The molecule has 1 heterocycles. The number of hydrogen-bond donors (Lipinski definition) is 1. The van der Waals surface area contributed by atoms with Gasteiger partial charge in [-0.15, -0.1) is 0 Å². The molecule has 0 aromatic carbocycles. The van der Waals surface area contributed by atoms with Crippen LogP contribution in [0.2, 0.25) is 0 Å². The molecular weight excluding hydrogens is 222 g/mol. The summed E-state index contributed by atoms with van der Waals surface area (Å²) in [5.74, 6) is 3.96. The van der Waals surface area contributed by atoms with Crippen LogP contribution < -0.4 is 5.73 Å².